The van der Waals surface area contributed by atoms with Gasteiger partial charge in [-0.1, -0.05) is 125 Å². The van der Waals surface area contributed by atoms with E-state index in [1.54, 1.807) is 0 Å². The van der Waals surface area contributed by atoms with E-state index in [9.17, 15) is 4.79 Å². The molecule has 0 aliphatic carbocycles. The SMILES string of the molecule is CCCCCCCCCCC(CCCCCCCC)CNC(=O)C(C)(C)C. The highest BCUT2D eigenvalue weighted by Crippen LogP contribution is 2.20. The lowest BCUT2D eigenvalue weighted by molar-refractivity contribution is -0.128. The van der Waals surface area contributed by atoms with Gasteiger partial charge in [0, 0.05) is 12.0 Å². The molecule has 0 aromatic carbocycles. The topological polar surface area (TPSA) is 29.1 Å². The fourth-order valence-electron chi connectivity index (χ4n) is 3.63. The van der Waals surface area contributed by atoms with Crippen LogP contribution in [-0.4, -0.2) is 12.5 Å². The van der Waals surface area contributed by atoms with Crippen LogP contribution in [0.3, 0.4) is 0 Å². The van der Waals surface area contributed by atoms with Crippen LogP contribution in [0.2, 0.25) is 0 Å². The van der Waals surface area contributed by atoms with Crippen molar-refractivity contribution in [3.05, 3.63) is 0 Å². The molecule has 0 aromatic rings. The Kier molecular flexibility index (Phi) is 17.2. The van der Waals surface area contributed by atoms with Gasteiger partial charge in [-0.15, -0.1) is 0 Å². The van der Waals surface area contributed by atoms with Crippen LogP contribution in [0.4, 0.5) is 0 Å². The van der Waals surface area contributed by atoms with Crippen molar-refractivity contribution in [1.82, 2.24) is 5.32 Å². The number of unbranched alkanes of at least 4 members (excludes halogenated alkanes) is 12. The summed E-state index contributed by atoms with van der Waals surface area (Å²) in [4.78, 5) is 12.2. The highest BCUT2D eigenvalue weighted by molar-refractivity contribution is 5.81. The summed E-state index contributed by atoms with van der Waals surface area (Å²) in [5.41, 5.74) is -0.275. The van der Waals surface area contributed by atoms with Crippen LogP contribution in [0.1, 0.15) is 137 Å². The highest BCUT2D eigenvalue weighted by Gasteiger charge is 2.21. The van der Waals surface area contributed by atoms with E-state index in [2.05, 4.69) is 19.2 Å². The Labute approximate surface area is 171 Å². The predicted molar refractivity (Wildman–Crippen MR) is 121 cm³/mol. The van der Waals surface area contributed by atoms with E-state index in [1.165, 1.54) is 103 Å². The van der Waals surface area contributed by atoms with E-state index < -0.39 is 0 Å². The Hall–Kier alpha value is -0.530. The lowest BCUT2D eigenvalue weighted by atomic mass is 9.92. The van der Waals surface area contributed by atoms with E-state index in [0.717, 1.165) is 6.54 Å². The molecular weight excluding hydrogens is 330 g/mol. The van der Waals surface area contributed by atoms with Crippen molar-refractivity contribution in [3.63, 3.8) is 0 Å². The predicted octanol–water partition coefficient (Wildman–Crippen LogP) is 8.05. The van der Waals surface area contributed by atoms with Gasteiger partial charge in [0.2, 0.25) is 5.91 Å². The van der Waals surface area contributed by atoms with Gasteiger partial charge in [0.1, 0.15) is 0 Å². The minimum Gasteiger partial charge on any atom is -0.355 e. The summed E-state index contributed by atoms with van der Waals surface area (Å²) in [6.45, 7) is 11.4. The summed E-state index contributed by atoms with van der Waals surface area (Å²) in [5.74, 6) is 0.869. The first-order valence-corrected chi connectivity index (χ1v) is 12.2. The van der Waals surface area contributed by atoms with Crippen molar-refractivity contribution in [3.8, 4) is 0 Å². The summed E-state index contributed by atoms with van der Waals surface area (Å²) >= 11 is 0. The Morgan fingerprint density at radius 2 is 1.04 bits per heavy atom. The van der Waals surface area contributed by atoms with Gasteiger partial charge < -0.3 is 5.32 Å². The van der Waals surface area contributed by atoms with Crippen LogP contribution in [-0.2, 0) is 4.79 Å². The molecule has 1 amide bonds. The molecule has 2 nitrogen and oxygen atoms in total. The van der Waals surface area contributed by atoms with Crippen LogP contribution < -0.4 is 5.32 Å². The molecule has 0 radical (unpaired) electrons. The smallest absolute Gasteiger partial charge is 0.225 e. The van der Waals surface area contributed by atoms with Crippen LogP contribution >= 0.6 is 0 Å². The second-order valence-electron chi connectivity index (χ2n) is 9.65. The molecule has 1 N–H and O–H groups in total. The molecular formula is C25H51NO. The van der Waals surface area contributed by atoms with Crippen LogP contribution in [0.15, 0.2) is 0 Å². The normalized spacial score (nSPS) is 12.9. The van der Waals surface area contributed by atoms with Gasteiger partial charge in [-0.25, -0.2) is 0 Å². The van der Waals surface area contributed by atoms with Crippen LogP contribution in [0.5, 0.6) is 0 Å². The van der Waals surface area contributed by atoms with E-state index in [4.69, 9.17) is 0 Å². The average molecular weight is 382 g/mol. The molecule has 0 saturated carbocycles. The summed E-state index contributed by atoms with van der Waals surface area (Å²) in [5, 5.41) is 3.22. The number of hydrogen-bond acceptors (Lipinski definition) is 1. The average Bonchev–Trinajstić information content (AvgIpc) is 2.62. The van der Waals surface area contributed by atoms with E-state index in [0.29, 0.717) is 5.92 Å². The first-order valence-electron chi connectivity index (χ1n) is 12.2. The molecule has 0 bridgehead atoms. The summed E-state index contributed by atoms with van der Waals surface area (Å²) in [6, 6.07) is 0. The van der Waals surface area contributed by atoms with Gasteiger partial charge in [-0.2, -0.15) is 0 Å². The van der Waals surface area contributed by atoms with E-state index in [-0.39, 0.29) is 11.3 Å². The number of nitrogens with one attached hydrogen (secondary N) is 1. The molecule has 0 aromatic heterocycles. The van der Waals surface area contributed by atoms with Gasteiger partial charge in [-0.05, 0) is 18.8 Å². The first-order chi connectivity index (χ1) is 12.9. The van der Waals surface area contributed by atoms with E-state index >= 15 is 0 Å². The summed E-state index contributed by atoms with van der Waals surface area (Å²) in [7, 11) is 0. The van der Waals surface area contributed by atoms with Gasteiger partial charge >= 0.3 is 0 Å². The van der Waals surface area contributed by atoms with Crippen molar-refractivity contribution >= 4 is 5.91 Å². The Balaban J connectivity index is 4.02. The molecule has 0 fully saturated rings. The maximum atomic E-state index is 12.2. The minimum absolute atomic E-state index is 0.200. The highest BCUT2D eigenvalue weighted by atomic mass is 16.2. The maximum absolute atomic E-state index is 12.2. The number of amides is 1. The third-order valence-corrected chi connectivity index (χ3v) is 5.66. The maximum Gasteiger partial charge on any atom is 0.225 e. The fourth-order valence-corrected chi connectivity index (χ4v) is 3.63. The molecule has 1 atom stereocenters. The molecule has 162 valence electrons. The molecule has 1 unspecified atom stereocenters. The molecule has 0 heterocycles. The monoisotopic (exact) mass is 381 g/mol. The third-order valence-electron chi connectivity index (χ3n) is 5.66. The first kappa shape index (κ1) is 26.5. The Morgan fingerprint density at radius 1 is 0.667 bits per heavy atom. The zero-order valence-electron chi connectivity index (χ0n) is 19.5. The minimum atomic E-state index is -0.275. The Bertz CT molecular complexity index is 332. The lowest BCUT2D eigenvalue weighted by Crippen LogP contribution is -2.37. The van der Waals surface area contributed by atoms with Gasteiger partial charge in [0.15, 0.2) is 0 Å². The van der Waals surface area contributed by atoms with Crippen molar-refractivity contribution in [2.24, 2.45) is 11.3 Å². The van der Waals surface area contributed by atoms with Gasteiger partial charge in [0.05, 0.1) is 0 Å². The molecule has 0 aliphatic heterocycles. The molecule has 27 heavy (non-hydrogen) atoms. The Morgan fingerprint density at radius 3 is 1.41 bits per heavy atom. The van der Waals surface area contributed by atoms with Crippen LogP contribution in [0.25, 0.3) is 0 Å². The zero-order chi connectivity index (χ0) is 20.4. The molecule has 0 aliphatic rings. The molecule has 2 heteroatoms. The third kappa shape index (κ3) is 17.3. The second-order valence-corrected chi connectivity index (χ2v) is 9.65. The summed E-state index contributed by atoms with van der Waals surface area (Å²) in [6.07, 6.45) is 21.8. The van der Waals surface area contributed by atoms with Crippen molar-refractivity contribution < 1.29 is 4.79 Å². The molecule has 0 saturated heterocycles. The number of carbonyl (C=O) groups excluding carboxylic acids is 1. The number of rotatable bonds is 18. The largest absolute Gasteiger partial charge is 0.355 e. The van der Waals surface area contributed by atoms with E-state index in [1.807, 2.05) is 20.8 Å². The zero-order valence-corrected chi connectivity index (χ0v) is 19.5. The van der Waals surface area contributed by atoms with Crippen molar-refractivity contribution in [2.45, 2.75) is 137 Å². The van der Waals surface area contributed by atoms with Gasteiger partial charge in [-0.3, -0.25) is 4.79 Å². The molecule has 0 spiro atoms. The lowest BCUT2D eigenvalue weighted by Gasteiger charge is -2.22. The number of hydrogen-bond donors (Lipinski definition) is 1. The molecule has 0 rings (SSSR count). The summed E-state index contributed by atoms with van der Waals surface area (Å²) < 4.78 is 0. The quantitative estimate of drug-likeness (QED) is 0.239. The van der Waals surface area contributed by atoms with Gasteiger partial charge in [0.25, 0.3) is 0 Å². The fraction of sp³-hybridized carbons (Fsp3) is 0.960. The second kappa shape index (κ2) is 17.6. The van der Waals surface area contributed by atoms with Crippen molar-refractivity contribution in [1.29, 1.82) is 0 Å². The van der Waals surface area contributed by atoms with Crippen LogP contribution in [0, 0.1) is 11.3 Å². The van der Waals surface area contributed by atoms with Crippen molar-refractivity contribution in [2.75, 3.05) is 6.54 Å². The number of carbonyl (C=O) groups is 1. The standard InChI is InChI=1S/C25H51NO/c1-6-8-10-12-14-15-17-19-21-23(20-18-16-13-11-9-7-2)22-26-24(27)25(3,4)5/h23H,6-22H2,1-5H3,(H,26,27).